The molecule has 3 aromatic rings. The molecule has 3 atom stereocenters. The monoisotopic (exact) mass is 362 g/mol. The zero-order valence-corrected chi connectivity index (χ0v) is 15.2. The Balaban J connectivity index is 1.27. The molecule has 3 unspecified atom stereocenters. The molecule has 0 radical (unpaired) electrons. The predicted octanol–water partition coefficient (Wildman–Crippen LogP) is 3.66. The third-order valence-corrected chi connectivity index (χ3v) is 5.98. The van der Waals surface area contributed by atoms with E-state index in [1.807, 2.05) is 25.1 Å². The highest BCUT2D eigenvalue weighted by Crippen LogP contribution is 2.52. The van der Waals surface area contributed by atoms with Gasteiger partial charge >= 0.3 is 0 Å². The summed E-state index contributed by atoms with van der Waals surface area (Å²) in [4.78, 5) is 16.8. The molecule has 7 nitrogen and oxygen atoms in total. The molecule has 27 heavy (non-hydrogen) atoms. The molecule has 2 aromatic heterocycles. The van der Waals surface area contributed by atoms with E-state index < -0.39 is 0 Å². The molecular weight excluding hydrogens is 340 g/mol. The lowest BCUT2D eigenvalue weighted by Gasteiger charge is -2.19. The molecule has 1 aromatic carbocycles. The zero-order chi connectivity index (χ0) is 18.4. The molecule has 7 heteroatoms. The van der Waals surface area contributed by atoms with Gasteiger partial charge in [-0.3, -0.25) is 15.0 Å². The molecule has 1 amide bonds. The number of rotatable bonds is 4. The summed E-state index contributed by atoms with van der Waals surface area (Å²) in [5, 5.41) is 17.3. The number of aromatic amines is 2. The minimum Gasteiger partial charge on any atom is -0.305 e. The Morgan fingerprint density at radius 3 is 2.63 bits per heavy atom. The van der Waals surface area contributed by atoms with Crippen LogP contribution in [0.5, 0.6) is 0 Å². The first-order valence-corrected chi connectivity index (χ1v) is 9.52. The predicted molar refractivity (Wildman–Crippen MR) is 101 cm³/mol. The largest absolute Gasteiger partial charge is 0.305 e. The van der Waals surface area contributed by atoms with E-state index in [2.05, 4.69) is 30.7 Å². The van der Waals surface area contributed by atoms with E-state index >= 15 is 0 Å². The number of benzene rings is 1. The zero-order valence-electron chi connectivity index (χ0n) is 15.2. The van der Waals surface area contributed by atoms with E-state index in [0.717, 1.165) is 28.9 Å². The van der Waals surface area contributed by atoms with Crippen LogP contribution in [0.3, 0.4) is 0 Å². The molecule has 2 aliphatic rings. The Hall–Kier alpha value is -2.96. The quantitative estimate of drug-likeness (QED) is 0.659. The Morgan fingerprint density at radius 2 is 1.96 bits per heavy atom. The number of aromatic nitrogens is 5. The van der Waals surface area contributed by atoms with Crippen LogP contribution in [-0.2, 0) is 0 Å². The highest BCUT2D eigenvalue weighted by atomic mass is 16.1. The van der Waals surface area contributed by atoms with Crippen molar-refractivity contribution in [1.82, 2.24) is 25.4 Å². The molecule has 2 fully saturated rings. The van der Waals surface area contributed by atoms with Crippen LogP contribution in [-0.4, -0.2) is 31.3 Å². The molecule has 5 rings (SSSR count). The average molecular weight is 362 g/mol. The summed E-state index contributed by atoms with van der Waals surface area (Å²) in [5.74, 6) is 4.05. The van der Waals surface area contributed by atoms with Gasteiger partial charge in [0, 0.05) is 28.8 Å². The van der Waals surface area contributed by atoms with Gasteiger partial charge in [-0.2, -0.15) is 10.2 Å². The maximum Gasteiger partial charge on any atom is 0.256 e. The van der Waals surface area contributed by atoms with Crippen LogP contribution < -0.4 is 5.32 Å². The molecule has 3 N–H and O–H groups in total. The van der Waals surface area contributed by atoms with Crippen molar-refractivity contribution >= 4 is 11.7 Å². The Kier molecular flexibility index (Phi) is 3.81. The van der Waals surface area contributed by atoms with Crippen LogP contribution in [0.25, 0.3) is 11.4 Å². The van der Waals surface area contributed by atoms with E-state index in [-0.39, 0.29) is 5.91 Å². The van der Waals surface area contributed by atoms with Crippen molar-refractivity contribution in [2.24, 2.45) is 11.8 Å². The van der Waals surface area contributed by atoms with Crippen molar-refractivity contribution in [2.75, 3.05) is 5.32 Å². The maximum atomic E-state index is 12.5. The van der Waals surface area contributed by atoms with Crippen LogP contribution >= 0.6 is 0 Å². The van der Waals surface area contributed by atoms with Crippen molar-refractivity contribution in [1.29, 1.82) is 0 Å². The number of fused-ring (bicyclic) bond motifs is 2. The first kappa shape index (κ1) is 16.2. The first-order valence-electron chi connectivity index (χ1n) is 9.52. The van der Waals surface area contributed by atoms with E-state index in [0.29, 0.717) is 23.1 Å². The van der Waals surface area contributed by atoms with Gasteiger partial charge in [-0.25, -0.2) is 4.98 Å². The van der Waals surface area contributed by atoms with Crippen molar-refractivity contribution in [2.45, 2.75) is 38.5 Å². The maximum absolute atomic E-state index is 12.5. The van der Waals surface area contributed by atoms with Crippen LogP contribution in [0.1, 0.15) is 53.5 Å². The third-order valence-electron chi connectivity index (χ3n) is 5.98. The van der Waals surface area contributed by atoms with Crippen molar-refractivity contribution < 1.29 is 4.79 Å². The number of carbonyl (C=O) groups excluding carboxylic acids is 1. The van der Waals surface area contributed by atoms with Crippen molar-refractivity contribution in [3.63, 3.8) is 0 Å². The summed E-state index contributed by atoms with van der Waals surface area (Å²) in [5.41, 5.74) is 2.61. The van der Waals surface area contributed by atoms with Gasteiger partial charge in [-0.15, -0.1) is 0 Å². The average Bonchev–Trinajstić information content (AvgIpc) is 3.46. The number of anilines is 1. The number of nitrogens with zero attached hydrogens (tertiary/aromatic N) is 3. The lowest BCUT2D eigenvalue weighted by atomic mass is 9.86. The van der Waals surface area contributed by atoms with Gasteiger partial charge in [-0.05, 0) is 50.2 Å². The summed E-state index contributed by atoms with van der Waals surface area (Å²) in [6.45, 7) is 1.85. The van der Waals surface area contributed by atoms with Crippen molar-refractivity contribution in [3.8, 4) is 11.4 Å². The number of H-pyrrole nitrogens is 2. The summed E-state index contributed by atoms with van der Waals surface area (Å²) in [6, 6.07) is 9.25. The van der Waals surface area contributed by atoms with Gasteiger partial charge < -0.3 is 5.32 Å². The fraction of sp³-hybridized carbons (Fsp3) is 0.400. The lowest BCUT2D eigenvalue weighted by Crippen LogP contribution is -2.12. The summed E-state index contributed by atoms with van der Waals surface area (Å²) in [7, 11) is 0. The number of amides is 1. The van der Waals surface area contributed by atoms with Gasteiger partial charge in [0.15, 0.2) is 11.6 Å². The highest BCUT2D eigenvalue weighted by molar-refractivity contribution is 6.04. The summed E-state index contributed by atoms with van der Waals surface area (Å²) < 4.78 is 0. The van der Waals surface area contributed by atoms with Crippen molar-refractivity contribution in [3.05, 3.63) is 47.4 Å². The first-order chi connectivity index (χ1) is 13.2. The standard InChI is InChI=1S/C20H22N6O/c1-11-21-19(26-23-11)13-4-6-14(7-5-13)20(27)22-18-10-17(24-25-18)16-9-12-2-3-15(16)8-12/h4-7,10,12,15-16H,2-3,8-9H2,1H3,(H,21,23,26)(H2,22,24,25,27). The number of carbonyl (C=O) groups is 1. The van der Waals surface area contributed by atoms with E-state index in [1.54, 1.807) is 12.1 Å². The van der Waals surface area contributed by atoms with E-state index in [1.165, 1.54) is 25.7 Å². The topological polar surface area (TPSA) is 99.3 Å². The Bertz CT molecular complexity index is 973. The molecule has 2 aliphatic carbocycles. The fourth-order valence-electron chi connectivity index (χ4n) is 4.65. The van der Waals surface area contributed by atoms with Crippen LogP contribution in [0.2, 0.25) is 0 Å². The van der Waals surface area contributed by atoms with E-state index in [9.17, 15) is 4.79 Å². The molecule has 0 aliphatic heterocycles. The molecule has 0 spiro atoms. The number of hydrogen-bond donors (Lipinski definition) is 3. The Morgan fingerprint density at radius 1 is 1.11 bits per heavy atom. The Labute approximate surface area is 157 Å². The van der Waals surface area contributed by atoms with Crippen LogP contribution in [0.15, 0.2) is 30.3 Å². The third kappa shape index (κ3) is 3.03. The van der Waals surface area contributed by atoms with Gasteiger partial charge in [0.2, 0.25) is 0 Å². The molecular formula is C20H22N6O. The highest BCUT2D eigenvalue weighted by Gasteiger charge is 2.40. The number of hydrogen-bond acceptors (Lipinski definition) is 4. The molecule has 2 bridgehead atoms. The second kappa shape index (κ2) is 6.33. The van der Waals surface area contributed by atoms with Gasteiger partial charge in [0.25, 0.3) is 5.91 Å². The van der Waals surface area contributed by atoms with Gasteiger partial charge in [-0.1, -0.05) is 18.6 Å². The molecule has 0 saturated heterocycles. The minimum absolute atomic E-state index is 0.168. The normalized spacial score (nSPS) is 23.7. The molecule has 138 valence electrons. The summed E-state index contributed by atoms with van der Waals surface area (Å²) >= 11 is 0. The SMILES string of the molecule is Cc1nc(-c2ccc(C(=O)Nc3cc(C4CC5CCC4C5)[nH]n3)cc2)n[nH]1. The lowest BCUT2D eigenvalue weighted by molar-refractivity contribution is 0.102. The second-order valence-electron chi connectivity index (χ2n) is 7.77. The van der Waals surface area contributed by atoms with Gasteiger partial charge in [0.05, 0.1) is 0 Å². The van der Waals surface area contributed by atoms with E-state index in [4.69, 9.17) is 0 Å². The molecule has 2 saturated carbocycles. The fourth-order valence-corrected chi connectivity index (χ4v) is 4.65. The summed E-state index contributed by atoms with van der Waals surface area (Å²) in [6.07, 6.45) is 5.31. The van der Waals surface area contributed by atoms with Crippen LogP contribution in [0, 0.1) is 18.8 Å². The second-order valence-corrected chi connectivity index (χ2v) is 7.77. The number of nitrogens with one attached hydrogen (secondary N) is 3. The smallest absolute Gasteiger partial charge is 0.256 e. The molecule has 2 heterocycles. The van der Waals surface area contributed by atoms with Gasteiger partial charge in [0.1, 0.15) is 5.82 Å². The minimum atomic E-state index is -0.168. The number of aryl methyl sites for hydroxylation is 1. The van der Waals surface area contributed by atoms with Crippen LogP contribution in [0.4, 0.5) is 5.82 Å².